The monoisotopic (exact) mass is 524 g/mol. The minimum atomic E-state index is -1.90. The number of alkyl halides is 1. The van der Waals surface area contributed by atoms with Crippen LogP contribution in [0.1, 0.15) is 76.1 Å². The summed E-state index contributed by atoms with van der Waals surface area (Å²) >= 11 is 0. The number of benzene rings is 1. The summed E-state index contributed by atoms with van der Waals surface area (Å²) in [5.74, 6) is -2.55. The first-order valence-electron chi connectivity index (χ1n) is 13.3. The van der Waals surface area contributed by atoms with Crippen LogP contribution in [-0.2, 0) is 14.3 Å². The third kappa shape index (κ3) is 3.78. The number of ether oxygens (including phenoxy) is 1. The van der Waals surface area contributed by atoms with Gasteiger partial charge in [-0.05, 0) is 62.0 Å². The molecule has 0 radical (unpaired) electrons. The molecule has 0 spiro atoms. The summed E-state index contributed by atoms with van der Waals surface area (Å²) in [6, 6.07) is 8.39. The second-order valence-electron chi connectivity index (χ2n) is 12.3. The van der Waals surface area contributed by atoms with Gasteiger partial charge < -0.3 is 14.9 Å². The molecule has 0 saturated heterocycles. The Morgan fingerprint density at radius 2 is 1.78 bits per heavy atom. The van der Waals surface area contributed by atoms with E-state index in [1.165, 1.54) is 0 Å². The SMILES string of the molecule is CC1C[C@H]2[C@@H]3CCC4CC(=O)CC[C@]4(C)[C@@]3(F)C(O)C[C@]2(C)[C@@]1(OC(=O)c1ccccc1)C(=O)CO.[NaH]. The molecule has 0 bridgehead atoms. The van der Waals surface area contributed by atoms with E-state index in [4.69, 9.17) is 4.74 Å². The molecule has 1 aromatic carbocycles. The fourth-order valence-corrected chi connectivity index (χ4v) is 9.14. The van der Waals surface area contributed by atoms with Crippen molar-refractivity contribution in [2.24, 2.45) is 34.5 Å². The Hall–Kier alpha value is -1.12. The molecule has 0 aliphatic heterocycles. The van der Waals surface area contributed by atoms with Gasteiger partial charge in [-0.3, -0.25) is 9.59 Å². The number of hydrogen-bond acceptors (Lipinski definition) is 6. The van der Waals surface area contributed by atoms with Crippen LogP contribution < -0.4 is 0 Å². The molecule has 3 unspecified atom stereocenters. The molecule has 198 valence electrons. The summed E-state index contributed by atoms with van der Waals surface area (Å²) in [6.45, 7) is 4.74. The molecule has 0 amide bonds. The van der Waals surface area contributed by atoms with E-state index in [0.717, 1.165) is 0 Å². The van der Waals surface area contributed by atoms with Crippen LogP contribution in [0, 0.1) is 34.5 Å². The van der Waals surface area contributed by atoms with Crippen LogP contribution in [0.3, 0.4) is 0 Å². The van der Waals surface area contributed by atoms with Crippen LogP contribution in [0.15, 0.2) is 30.3 Å². The predicted molar refractivity (Wildman–Crippen MR) is 137 cm³/mol. The Morgan fingerprint density at radius 1 is 1.11 bits per heavy atom. The summed E-state index contributed by atoms with van der Waals surface area (Å²) in [4.78, 5) is 39.0. The zero-order valence-corrected chi connectivity index (χ0v) is 21.3. The minimum absolute atomic E-state index is 0. The number of carbonyl (C=O) groups excluding carboxylic acids is 3. The summed E-state index contributed by atoms with van der Waals surface area (Å²) in [7, 11) is 0. The van der Waals surface area contributed by atoms with Crippen LogP contribution in [0.25, 0.3) is 0 Å². The van der Waals surface area contributed by atoms with Gasteiger partial charge in [0, 0.05) is 29.6 Å². The zero-order chi connectivity index (χ0) is 26.1. The van der Waals surface area contributed by atoms with Gasteiger partial charge in [0.25, 0.3) is 0 Å². The first kappa shape index (κ1) is 28.9. The fraction of sp³-hybridized carbons (Fsp3) is 0.690. The van der Waals surface area contributed by atoms with E-state index in [1.54, 1.807) is 30.3 Å². The molecule has 5 rings (SSSR count). The van der Waals surface area contributed by atoms with E-state index >= 15 is 4.39 Å². The van der Waals surface area contributed by atoms with Crippen molar-refractivity contribution < 1.29 is 33.7 Å². The van der Waals surface area contributed by atoms with Gasteiger partial charge in [0.05, 0.1) is 11.7 Å². The van der Waals surface area contributed by atoms with Crippen molar-refractivity contribution in [1.29, 1.82) is 0 Å². The number of Topliss-reactive ketones (excluding diaryl/α,β-unsaturated/α-hetero) is 2. The van der Waals surface area contributed by atoms with Crippen molar-refractivity contribution in [2.45, 2.75) is 83.1 Å². The quantitative estimate of drug-likeness (QED) is 0.463. The topological polar surface area (TPSA) is 101 Å². The number of halogens is 1. The molecule has 6 nitrogen and oxygen atoms in total. The first-order valence-corrected chi connectivity index (χ1v) is 13.3. The molecule has 2 N–H and O–H groups in total. The van der Waals surface area contributed by atoms with E-state index in [1.807, 2.05) is 20.8 Å². The van der Waals surface area contributed by atoms with Gasteiger partial charge in [-0.15, -0.1) is 0 Å². The summed E-state index contributed by atoms with van der Waals surface area (Å²) in [5, 5.41) is 21.6. The summed E-state index contributed by atoms with van der Waals surface area (Å²) < 4.78 is 23.6. The van der Waals surface area contributed by atoms with E-state index in [-0.39, 0.29) is 59.2 Å². The molecule has 1 aromatic rings. The van der Waals surface area contributed by atoms with Crippen LogP contribution >= 0.6 is 0 Å². The second-order valence-corrected chi connectivity index (χ2v) is 12.3. The van der Waals surface area contributed by atoms with Gasteiger partial charge in [-0.2, -0.15) is 0 Å². The summed E-state index contributed by atoms with van der Waals surface area (Å²) in [6.07, 6.45) is 1.28. The van der Waals surface area contributed by atoms with Crippen molar-refractivity contribution in [3.05, 3.63) is 35.9 Å². The van der Waals surface area contributed by atoms with Gasteiger partial charge in [0.1, 0.15) is 18.1 Å². The van der Waals surface area contributed by atoms with Crippen molar-refractivity contribution in [3.8, 4) is 0 Å². The van der Waals surface area contributed by atoms with Crippen molar-refractivity contribution in [2.75, 3.05) is 6.61 Å². The van der Waals surface area contributed by atoms with Crippen molar-refractivity contribution in [1.82, 2.24) is 0 Å². The molecular formula is C29H38FNaO6. The number of esters is 1. The van der Waals surface area contributed by atoms with Crippen LogP contribution in [0.5, 0.6) is 0 Å². The molecule has 4 fully saturated rings. The molecule has 4 aliphatic rings. The van der Waals surface area contributed by atoms with Crippen LogP contribution in [0.4, 0.5) is 4.39 Å². The van der Waals surface area contributed by atoms with Gasteiger partial charge in [0.15, 0.2) is 5.60 Å². The van der Waals surface area contributed by atoms with Gasteiger partial charge in [0.2, 0.25) is 5.78 Å². The third-order valence-corrected chi connectivity index (χ3v) is 10.9. The van der Waals surface area contributed by atoms with Crippen LogP contribution in [-0.4, -0.2) is 81.3 Å². The van der Waals surface area contributed by atoms with Crippen molar-refractivity contribution >= 4 is 47.1 Å². The first-order chi connectivity index (χ1) is 17.0. The number of rotatable bonds is 4. The molecule has 0 heterocycles. The average Bonchev–Trinajstić information content (AvgIpc) is 3.07. The predicted octanol–water partition coefficient (Wildman–Crippen LogP) is 3.42. The van der Waals surface area contributed by atoms with E-state index < -0.39 is 58.4 Å². The number of aliphatic hydroxyl groups excluding tert-OH is 2. The number of ketones is 2. The third-order valence-electron chi connectivity index (χ3n) is 10.9. The molecule has 0 aromatic heterocycles. The van der Waals surface area contributed by atoms with Gasteiger partial charge >= 0.3 is 35.5 Å². The maximum absolute atomic E-state index is 17.5. The molecular weight excluding hydrogens is 486 g/mol. The van der Waals surface area contributed by atoms with Gasteiger partial charge in [-0.25, -0.2) is 9.18 Å². The Kier molecular flexibility index (Phi) is 7.66. The maximum atomic E-state index is 17.5. The van der Waals surface area contributed by atoms with Crippen LogP contribution in [0.2, 0.25) is 0 Å². The Morgan fingerprint density at radius 3 is 2.43 bits per heavy atom. The van der Waals surface area contributed by atoms with E-state index in [2.05, 4.69) is 0 Å². The van der Waals surface area contributed by atoms with Gasteiger partial charge in [-0.1, -0.05) is 39.0 Å². The standard InChI is InChI=1S/C29H37FO6.Na.H/c1-17-13-22-21-10-9-19-14-20(32)11-12-26(19,2)28(21,30)23(33)15-27(22,3)29(17,24(34)16-31)36-25(35)18-7-5-4-6-8-18;;/h4-8,17,19,21-23,31,33H,9-16H2,1-3H3;;/t17?,19?,21-,22-,23?,26-,27-,28-,29-;;/m0../s1. The number of aliphatic hydroxyl groups is 2. The number of carbonyl (C=O) groups is 3. The molecule has 8 heteroatoms. The van der Waals surface area contributed by atoms with Crippen molar-refractivity contribution in [3.63, 3.8) is 0 Å². The molecule has 37 heavy (non-hydrogen) atoms. The van der Waals surface area contributed by atoms with E-state index in [9.17, 15) is 24.6 Å². The second kappa shape index (κ2) is 9.81. The molecule has 4 aliphatic carbocycles. The summed E-state index contributed by atoms with van der Waals surface area (Å²) in [5.41, 5.74) is -5.17. The fourth-order valence-electron chi connectivity index (χ4n) is 9.14. The zero-order valence-electron chi connectivity index (χ0n) is 21.3. The number of hydrogen-bond donors (Lipinski definition) is 2. The molecule has 9 atom stereocenters. The molecule has 4 saturated carbocycles. The van der Waals surface area contributed by atoms with E-state index in [0.29, 0.717) is 38.5 Å². The number of fused-ring (bicyclic) bond motifs is 5. The average molecular weight is 525 g/mol. The Balaban J connectivity index is 0.00000320. The normalized spacial score (nSPS) is 44.6. The Labute approximate surface area is 240 Å². The Bertz CT molecular complexity index is 1080.